The number of aromatic nitrogens is 5. The number of rotatable bonds is 6. The lowest BCUT2D eigenvalue weighted by atomic mass is 9.93. The van der Waals surface area contributed by atoms with E-state index in [1.165, 1.54) is 0 Å². The van der Waals surface area contributed by atoms with Gasteiger partial charge in [-0.05, 0) is 70.6 Å². The number of aliphatic hydroxyl groups is 2. The third kappa shape index (κ3) is 4.65. The van der Waals surface area contributed by atoms with Crippen LogP contribution in [-0.4, -0.2) is 47.0 Å². The molecule has 38 heavy (non-hydrogen) atoms. The Morgan fingerprint density at radius 2 is 1.87 bits per heavy atom. The SMILES string of the molecule is CC(C)(O)c1cnn(-c2cc3nn(C4CCC(O)CC4)cc3cc2NC(=O)c2cccc(C3CC3)[n+]2O)c1. The first-order valence-corrected chi connectivity index (χ1v) is 13.2. The predicted octanol–water partition coefficient (Wildman–Crippen LogP) is 3.58. The van der Waals surface area contributed by atoms with E-state index in [-0.39, 0.29) is 23.8 Å². The van der Waals surface area contributed by atoms with Gasteiger partial charge < -0.3 is 15.5 Å². The summed E-state index contributed by atoms with van der Waals surface area (Å²) in [5, 5.41) is 44.2. The number of amides is 1. The number of nitrogens with one attached hydrogen (secondary N) is 1. The molecule has 4 N–H and O–H groups in total. The van der Waals surface area contributed by atoms with Gasteiger partial charge in [-0.15, -0.1) is 0 Å². The number of anilines is 1. The van der Waals surface area contributed by atoms with Crippen molar-refractivity contribution in [3.63, 3.8) is 0 Å². The number of carbonyl (C=O) groups excluding carboxylic acids is 1. The van der Waals surface area contributed by atoms with Crippen LogP contribution in [0.1, 0.15) is 86.1 Å². The van der Waals surface area contributed by atoms with Crippen molar-refractivity contribution < 1.29 is 24.9 Å². The monoisotopic (exact) mass is 517 g/mol. The highest BCUT2D eigenvalue weighted by Crippen LogP contribution is 2.38. The second kappa shape index (κ2) is 9.21. The van der Waals surface area contributed by atoms with E-state index >= 15 is 0 Å². The van der Waals surface area contributed by atoms with Crippen LogP contribution >= 0.6 is 0 Å². The zero-order valence-corrected chi connectivity index (χ0v) is 21.6. The molecule has 3 heterocycles. The standard InChI is InChI=1S/C28H32N6O4/c1-28(2,37)19-14-29-33(16-19)26-13-22-18(15-32(31-22)20-8-10-21(35)11-9-20)12-23(26)30-27(36)25-5-3-4-24(34(25)38)17-6-7-17/h3-5,12-17,20-21,35,37H,6-11H2,1-2H3,(H-,30,36,38)/p+1. The van der Waals surface area contributed by atoms with Crippen LogP contribution in [0.25, 0.3) is 16.6 Å². The zero-order valence-electron chi connectivity index (χ0n) is 21.6. The lowest BCUT2D eigenvalue weighted by molar-refractivity contribution is -0.910. The lowest BCUT2D eigenvalue weighted by Gasteiger charge is -2.25. The summed E-state index contributed by atoms with van der Waals surface area (Å²) in [6, 6.07) is 9.16. The van der Waals surface area contributed by atoms with E-state index in [9.17, 15) is 20.2 Å². The quantitative estimate of drug-likeness (QED) is 0.229. The molecule has 198 valence electrons. The number of hydrogen-bond donors (Lipinski definition) is 4. The third-order valence-electron chi connectivity index (χ3n) is 7.69. The van der Waals surface area contributed by atoms with Crippen molar-refractivity contribution >= 4 is 22.5 Å². The minimum Gasteiger partial charge on any atom is -0.393 e. The van der Waals surface area contributed by atoms with E-state index in [1.807, 2.05) is 29.1 Å². The van der Waals surface area contributed by atoms with Crippen LogP contribution in [0.5, 0.6) is 0 Å². The first-order valence-electron chi connectivity index (χ1n) is 13.2. The Morgan fingerprint density at radius 3 is 2.55 bits per heavy atom. The van der Waals surface area contributed by atoms with Crippen LogP contribution in [0.3, 0.4) is 0 Å². The summed E-state index contributed by atoms with van der Waals surface area (Å²) < 4.78 is 4.56. The van der Waals surface area contributed by atoms with Gasteiger partial charge in [-0.25, -0.2) is 4.68 Å². The fraction of sp³-hybridized carbons (Fsp3) is 0.429. The first-order chi connectivity index (χ1) is 18.2. The van der Waals surface area contributed by atoms with E-state index in [4.69, 9.17) is 5.10 Å². The Balaban J connectivity index is 1.40. The Hall–Kier alpha value is -3.76. The minimum absolute atomic E-state index is 0.148. The Morgan fingerprint density at radius 1 is 1.11 bits per heavy atom. The van der Waals surface area contributed by atoms with Crippen molar-refractivity contribution in [1.82, 2.24) is 19.6 Å². The molecule has 10 nitrogen and oxygen atoms in total. The van der Waals surface area contributed by atoms with Crippen molar-refractivity contribution in [2.45, 2.75) is 76.0 Å². The second-order valence-corrected chi connectivity index (χ2v) is 11.1. The number of nitrogens with zero attached hydrogens (tertiary/aromatic N) is 5. The molecule has 0 aliphatic heterocycles. The number of benzene rings is 1. The maximum Gasteiger partial charge on any atom is 0.325 e. The van der Waals surface area contributed by atoms with Gasteiger partial charge in [0.1, 0.15) is 0 Å². The summed E-state index contributed by atoms with van der Waals surface area (Å²) in [5.74, 6) is -0.171. The van der Waals surface area contributed by atoms with Crippen LogP contribution in [-0.2, 0) is 5.60 Å². The molecule has 10 heteroatoms. The second-order valence-electron chi connectivity index (χ2n) is 11.1. The summed E-state index contributed by atoms with van der Waals surface area (Å²) in [6.45, 7) is 3.38. The van der Waals surface area contributed by atoms with E-state index < -0.39 is 11.5 Å². The molecular weight excluding hydrogens is 484 g/mol. The van der Waals surface area contributed by atoms with Crippen molar-refractivity contribution in [3.8, 4) is 5.69 Å². The fourth-order valence-corrected chi connectivity index (χ4v) is 5.21. The molecular formula is C28H33N6O4+. The number of hydrogen-bond acceptors (Lipinski definition) is 6. The van der Waals surface area contributed by atoms with Crippen LogP contribution in [0, 0.1) is 0 Å². The predicted molar refractivity (Wildman–Crippen MR) is 139 cm³/mol. The molecule has 0 unspecified atom stereocenters. The number of pyridine rings is 1. The van der Waals surface area contributed by atoms with E-state index in [1.54, 1.807) is 43.1 Å². The molecule has 1 aromatic carbocycles. The average molecular weight is 518 g/mol. The number of aliphatic hydroxyl groups excluding tert-OH is 1. The van der Waals surface area contributed by atoms with E-state index in [0.29, 0.717) is 16.9 Å². The third-order valence-corrected chi connectivity index (χ3v) is 7.69. The molecule has 2 aliphatic rings. The van der Waals surface area contributed by atoms with Gasteiger partial charge >= 0.3 is 11.6 Å². The normalized spacial score (nSPS) is 20.1. The van der Waals surface area contributed by atoms with Crippen molar-refractivity contribution in [3.05, 3.63) is 65.9 Å². The number of fused-ring (bicyclic) bond motifs is 1. The Kier molecular flexibility index (Phi) is 5.96. The van der Waals surface area contributed by atoms with Gasteiger partial charge in [-0.1, -0.05) is 0 Å². The summed E-state index contributed by atoms with van der Waals surface area (Å²) in [5.41, 5.74) is 2.27. The van der Waals surface area contributed by atoms with Crippen LogP contribution in [0.2, 0.25) is 0 Å². The van der Waals surface area contributed by atoms with Gasteiger partial charge in [0, 0.05) is 46.1 Å². The molecule has 0 radical (unpaired) electrons. The summed E-state index contributed by atoms with van der Waals surface area (Å²) >= 11 is 0. The van der Waals surface area contributed by atoms with E-state index in [0.717, 1.165) is 59.9 Å². The highest BCUT2D eigenvalue weighted by Gasteiger charge is 2.36. The summed E-state index contributed by atoms with van der Waals surface area (Å²) in [4.78, 5) is 13.4. The largest absolute Gasteiger partial charge is 0.393 e. The van der Waals surface area contributed by atoms with Crippen LogP contribution in [0.15, 0.2) is 48.9 Å². The fourth-order valence-electron chi connectivity index (χ4n) is 5.21. The summed E-state index contributed by atoms with van der Waals surface area (Å²) in [6.07, 6.45) is 10.3. The molecule has 2 saturated carbocycles. The van der Waals surface area contributed by atoms with Gasteiger partial charge in [0.15, 0.2) is 0 Å². The molecule has 0 bridgehead atoms. The maximum atomic E-state index is 13.4. The van der Waals surface area contributed by atoms with Crippen LogP contribution < -0.4 is 10.0 Å². The van der Waals surface area contributed by atoms with E-state index in [2.05, 4.69) is 10.4 Å². The molecule has 3 aromatic heterocycles. The smallest absolute Gasteiger partial charge is 0.325 e. The molecule has 0 saturated heterocycles. The molecule has 4 aromatic rings. The highest BCUT2D eigenvalue weighted by molar-refractivity contribution is 6.04. The van der Waals surface area contributed by atoms with Gasteiger partial charge in [0.25, 0.3) is 0 Å². The highest BCUT2D eigenvalue weighted by atomic mass is 16.5. The lowest BCUT2D eigenvalue weighted by Crippen LogP contribution is -2.43. The molecule has 2 aliphatic carbocycles. The molecule has 0 atom stereocenters. The minimum atomic E-state index is -1.08. The molecule has 0 spiro atoms. The van der Waals surface area contributed by atoms with Crippen molar-refractivity contribution in [1.29, 1.82) is 0 Å². The van der Waals surface area contributed by atoms with Crippen LogP contribution in [0.4, 0.5) is 5.69 Å². The Bertz CT molecular complexity index is 1510. The van der Waals surface area contributed by atoms with Gasteiger partial charge in [0.2, 0.25) is 5.69 Å². The first kappa shape index (κ1) is 24.6. The van der Waals surface area contributed by atoms with Gasteiger partial charge in [-0.3, -0.25) is 14.7 Å². The average Bonchev–Trinajstić information content (AvgIpc) is 3.42. The number of carbonyl (C=O) groups is 1. The Labute approximate surface area is 220 Å². The van der Waals surface area contributed by atoms with Gasteiger partial charge in [0.05, 0.1) is 40.8 Å². The molecule has 6 rings (SSSR count). The maximum absolute atomic E-state index is 13.4. The zero-order chi connectivity index (χ0) is 26.6. The summed E-state index contributed by atoms with van der Waals surface area (Å²) in [7, 11) is 0. The van der Waals surface area contributed by atoms with Gasteiger partial charge in [-0.2, -0.15) is 10.2 Å². The topological polar surface area (TPSA) is 129 Å². The molecule has 2 fully saturated rings. The van der Waals surface area contributed by atoms with Crippen molar-refractivity contribution in [2.75, 3.05) is 5.32 Å². The van der Waals surface area contributed by atoms with Crippen molar-refractivity contribution in [2.24, 2.45) is 0 Å². The molecule has 1 amide bonds.